The van der Waals surface area contributed by atoms with Crippen molar-refractivity contribution in [2.75, 3.05) is 11.4 Å². The van der Waals surface area contributed by atoms with Crippen molar-refractivity contribution in [3.05, 3.63) is 40.9 Å². The molecule has 2 atom stereocenters. The summed E-state index contributed by atoms with van der Waals surface area (Å²) in [4.78, 5) is 65.2. The van der Waals surface area contributed by atoms with Crippen molar-refractivity contribution in [3.8, 4) is 5.75 Å². The number of rotatable bonds is 11. The van der Waals surface area contributed by atoms with Crippen LogP contribution in [0.15, 0.2) is 30.5 Å². The van der Waals surface area contributed by atoms with Crippen LogP contribution < -0.4 is 21.3 Å². The summed E-state index contributed by atoms with van der Waals surface area (Å²) in [5.41, 5.74) is 5.19. The average Bonchev–Trinajstić information content (AvgIpc) is 3.26. The molecule has 0 bridgehead atoms. The molecule has 0 aliphatic carbocycles. The van der Waals surface area contributed by atoms with Gasteiger partial charge in [-0.2, -0.15) is 0 Å². The van der Waals surface area contributed by atoms with E-state index < -0.39 is 41.7 Å². The number of nitrogens with two attached hydrogens (primary N) is 1. The lowest BCUT2D eigenvalue weighted by Gasteiger charge is -2.26. The van der Waals surface area contributed by atoms with Crippen molar-refractivity contribution in [2.24, 2.45) is 5.73 Å². The first kappa shape index (κ1) is 29.0. The number of nitrogens with one attached hydrogen (secondary N) is 2. The van der Waals surface area contributed by atoms with E-state index in [9.17, 15) is 34.2 Å². The lowest BCUT2D eigenvalue weighted by molar-refractivity contribution is -0.128. The normalized spacial score (nSPS) is 12.6. The van der Waals surface area contributed by atoms with Crippen LogP contribution in [0.4, 0.5) is 14.7 Å². The summed E-state index contributed by atoms with van der Waals surface area (Å²) in [6, 6.07) is 3.46. The molecule has 0 fully saturated rings. The molecule has 0 aliphatic rings. The van der Waals surface area contributed by atoms with Gasteiger partial charge in [0, 0.05) is 13.0 Å². The topological polar surface area (TPSA) is 201 Å². The zero-order chi connectivity index (χ0) is 27.8. The first-order valence-corrected chi connectivity index (χ1v) is 11.9. The monoisotopic (exact) mass is 535 g/mol. The quantitative estimate of drug-likeness (QED) is 0.265. The number of carbonyl (C=O) groups excluding carboxylic acids is 4. The Morgan fingerprint density at radius 1 is 1.16 bits per heavy atom. The number of hydrogen-bond donors (Lipinski definition) is 5. The molecule has 0 saturated carbocycles. The van der Waals surface area contributed by atoms with Gasteiger partial charge in [-0.05, 0) is 44.9 Å². The molecule has 0 spiro atoms. The van der Waals surface area contributed by atoms with Crippen LogP contribution in [-0.4, -0.2) is 69.7 Å². The van der Waals surface area contributed by atoms with Gasteiger partial charge in [-0.1, -0.05) is 23.5 Å². The summed E-state index contributed by atoms with van der Waals surface area (Å²) in [6.07, 6.45) is -0.786. The highest BCUT2D eigenvalue weighted by Gasteiger charge is 2.29. The standard InChI is InChI=1S/C23H29N5O8S/c1-23(2,3)36-21(33)27-16(8-9-28(22(34)35)20-25-11-15(12-29)37-20)19(32)26-17(18(24)31)10-13-4-6-14(30)7-5-13/h4-7,11-12,16-17,30H,8-10H2,1-3H3,(H2,24,31)(H,26,32)(H,27,33)(H,34,35)/t16-,17-/m0/s1. The molecule has 4 amide bonds. The van der Waals surface area contributed by atoms with Gasteiger partial charge >= 0.3 is 12.2 Å². The molecule has 1 aromatic carbocycles. The number of carboxylic acid groups (broad SMARTS) is 1. The minimum atomic E-state index is -1.38. The summed E-state index contributed by atoms with van der Waals surface area (Å²) in [7, 11) is 0. The number of alkyl carbamates (subject to hydrolysis) is 1. The second kappa shape index (κ2) is 12.7. The third-order valence-corrected chi connectivity index (χ3v) is 5.72. The van der Waals surface area contributed by atoms with E-state index in [1.807, 2.05) is 0 Å². The van der Waals surface area contributed by atoms with E-state index in [0.717, 1.165) is 16.2 Å². The molecule has 1 heterocycles. The van der Waals surface area contributed by atoms with Gasteiger partial charge < -0.3 is 31.3 Å². The number of ether oxygens (including phenoxy) is 1. The Labute approximate surface area is 216 Å². The molecule has 0 unspecified atom stereocenters. The second-order valence-electron chi connectivity index (χ2n) is 8.92. The Hall–Kier alpha value is -4.20. The highest BCUT2D eigenvalue weighted by Crippen LogP contribution is 2.22. The van der Waals surface area contributed by atoms with E-state index in [0.29, 0.717) is 11.8 Å². The van der Waals surface area contributed by atoms with Crippen LogP contribution in [-0.2, 0) is 20.7 Å². The van der Waals surface area contributed by atoms with Crippen LogP contribution in [0.5, 0.6) is 5.75 Å². The Morgan fingerprint density at radius 2 is 1.81 bits per heavy atom. The first-order valence-electron chi connectivity index (χ1n) is 11.1. The molecule has 200 valence electrons. The maximum Gasteiger partial charge on any atom is 0.413 e. The van der Waals surface area contributed by atoms with Gasteiger partial charge in [0.05, 0.1) is 11.1 Å². The molecule has 0 aliphatic heterocycles. The van der Waals surface area contributed by atoms with Crippen molar-refractivity contribution in [1.29, 1.82) is 0 Å². The summed E-state index contributed by atoms with van der Waals surface area (Å²) in [5, 5.41) is 23.9. The Balaban J connectivity index is 2.21. The molecular weight excluding hydrogens is 506 g/mol. The van der Waals surface area contributed by atoms with Crippen LogP contribution in [0, 0.1) is 0 Å². The lowest BCUT2D eigenvalue weighted by Crippen LogP contribution is -2.55. The zero-order valence-electron chi connectivity index (χ0n) is 20.5. The largest absolute Gasteiger partial charge is 0.508 e. The fraction of sp³-hybridized carbons (Fsp3) is 0.391. The molecular formula is C23H29N5O8S. The number of benzene rings is 1. The SMILES string of the molecule is CC(C)(C)OC(=O)N[C@@H](CCN(C(=O)O)c1ncc(C=O)s1)C(=O)N[C@@H](Cc1ccc(O)cc1)C(N)=O. The molecule has 14 heteroatoms. The fourth-order valence-corrected chi connectivity index (χ4v) is 3.82. The Bertz CT molecular complexity index is 1130. The lowest BCUT2D eigenvalue weighted by atomic mass is 10.0. The highest BCUT2D eigenvalue weighted by molar-refractivity contribution is 7.17. The van der Waals surface area contributed by atoms with Crippen LogP contribution in [0.1, 0.15) is 42.4 Å². The number of carbonyl (C=O) groups is 5. The van der Waals surface area contributed by atoms with E-state index in [1.54, 1.807) is 32.9 Å². The van der Waals surface area contributed by atoms with Crippen molar-refractivity contribution < 1.29 is 38.9 Å². The third-order valence-electron chi connectivity index (χ3n) is 4.77. The number of phenols is 1. The maximum absolute atomic E-state index is 13.1. The number of hydrogen-bond acceptors (Lipinski definition) is 9. The number of primary amides is 1. The minimum Gasteiger partial charge on any atom is -0.508 e. The first-order chi connectivity index (χ1) is 17.3. The maximum atomic E-state index is 13.1. The molecule has 37 heavy (non-hydrogen) atoms. The molecule has 6 N–H and O–H groups in total. The van der Waals surface area contributed by atoms with Gasteiger partial charge in [0.25, 0.3) is 0 Å². The number of anilines is 1. The van der Waals surface area contributed by atoms with Gasteiger partial charge in [-0.15, -0.1) is 0 Å². The molecule has 13 nitrogen and oxygen atoms in total. The predicted molar refractivity (Wildman–Crippen MR) is 134 cm³/mol. The molecule has 1 aromatic heterocycles. The Kier molecular flexibility index (Phi) is 9.94. The van der Waals surface area contributed by atoms with E-state index in [1.165, 1.54) is 18.3 Å². The van der Waals surface area contributed by atoms with Crippen LogP contribution in [0.3, 0.4) is 0 Å². The van der Waals surface area contributed by atoms with Gasteiger partial charge in [-0.3, -0.25) is 19.3 Å². The predicted octanol–water partition coefficient (Wildman–Crippen LogP) is 1.64. The van der Waals surface area contributed by atoms with Crippen LogP contribution in [0.25, 0.3) is 0 Å². The van der Waals surface area contributed by atoms with Crippen molar-refractivity contribution in [2.45, 2.75) is 51.3 Å². The van der Waals surface area contributed by atoms with E-state index >= 15 is 0 Å². The van der Waals surface area contributed by atoms with E-state index in [-0.39, 0.29) is 35.1 Å². The summed E-state index contributed by atoms with van der Waals surface area (Å²) < 4.78 is 5.21. The molecule has 0 radical (unpaired) electrons. The van der Waals surface area contributed by atoms with Crippen LogP contribution >= 0.6 is 11.3 Å². The molecule has 0 saturated heterocycles. The van der Waals surface area contributed by atoms with Gasteiger partial charge in [0.2, 0.25) is 11.8 Å². The summed E-state index contributed by atoms with van der Waals surface area (Å²) in [5.74, 6) is -1.62. The van der Waals surface area contributed by atoms with Gasteiger partial charge in [-0.25, -0.2) is 14.6 Å². The van der Waals surface area contributed by atoms with Crippen molar-refractivity contribution in [3.63, 3.8) is 0 Å². The Morgan fingerprint density at radius 3 is 2.32 bits per heavy atom. The summed E-state index contributed by atoms with van der Waals surface area (Å²) >= 11 is 0.842. The number of amides is 4. The van der Waals surface area contributed by atoms with E-state index in [2.05, 4.69) is 15.6 Å². The molecule has 2 rings (SSSR count). The van der Waals surface area contributed by atoms with Gasteiger partial charge in [0.15, 0.2) is 11.4 Å². The van der Waals surface area contributed by atoms with Crippen molar-refractivity contribution >= 4 is 46.8 Å². The number of aromatic hydroxyl groups is 1. The number of aldehydes is 1. The molecule has 2 aromatic rings. The minimum absolute atomic E-state index is 0.00775. The van der Waals surface area contributed by atoms with Crippen LogP contribution in [0.2, 0.25) is 0 Å². The number of nitrogens with zero attached hydrogens (tertiary/aromatic N) is 2. The zero-order valence-corrected chi connectivity index (χ0v) is 21.3. The highest BCUT2D eigenvalue weighted by atomic mass is 32.1. The second-order valence-corrected chi connectivity index (χ2v) is 9.96. The van der Waals surface area contributed by atoms with Gasteiger partial charge in [0.1, 0.15) is 23.4 Å². The van der Waals surface area contributed by atoms with Crippen molar-refractivity contribution in [1.82, 2.24) is 15.6 Å². The smallest absolute Gasteiger partial charge is 0.413 e. The average molecular weight is 536 g/mol. The van der Waals surface area contributed by atoms with E-state index in [4.69, 9.17) is 10.5 Å². The summed E-state index contributed by atoms with van der Waals surface area (Å²) in [6.45, 7) is 4.60. The number of aromatic nitrogens is 1. The fourth-order valence-electron chi connectivity index (χ4n) is 3.07. The third kappa shape index (κ3) is 9.40. The number of phenolic OH excluding ortho intramolecular Hbond substituents is 1. The number of thiazole rings is 1.